The van der Waals surface area contributed by atoms with Gasteiger partial charge in [0.1, 0.15) is 6.04 Å². The number of hydrogen-bond acceptors (Lipinski definition) is 8. The number of carbonyl (C=O) groups is 2. The number of fused-ring (bicyclic) bond motifs is 3. The lowest BCUT2D eigenvalue weighted by molar-refractivity contribution is -0.133. The Kier molecular flexibility index (Phi) is 10.8. The first-order valence-electron chi connectivity index (χ1n) is 16.0. The van der Waals surface area contributed by atoms with Crippen LogP contribution in [-0.2, 0) is 16.0 Å². The average molecular weight is 641 g/mol. The van der Waals surface area contributed by atoms with E-state index >= 15 is 0 Å². The van der Waals surface area contributed by atoms with Crippen molar-refractivity contribution in [3.05, 3.63) is 87.6 Å². The van der Waals surface area contributed by atoms with E-state index < -0.39 is 12.1 Å². The zero-order valence-electron chi connectivity index (χ0n) is 27.8. The van der Waals surface area contributed by atoms with E-state index in [2.05, 4.69) is 39.8 Å². The van der Waals surface area contributed by atoms with Crippen molar-refractivity contribution >= 4 is 23.6 Å². The Hall–Kier alpha value is -4.83. The highest BCUT2D eigenvalue weighted by Crippen LogP contribution is 2.50. The molecule has 2 atom stereocenters. The molecule has 2 amide bonds. The van der Waals surface area contributed by atoms with Gasteiger partial charge in [0.25, 0.3) is 0 Å². The largest absolute Gasteiger partial charge is 0.493 e. The molecule has 5 rings (SSSR count). The maximum absolute atomic E-state index is 13.7. The van der Waals surface area contributed by atoms with Crippen molar-refractivity contribution in [1.29, 1.82) is 0 Å². The van der Waals surface area contributed by atoms with Crippen LogP contribution in [0.3, 0.4) is 0 Å². The molecule has 248 valence electrons. The van der Waals surface area contributed by atoms with Crippen molar-refractivity contribution in [2.45, 2.75) is 38.8 Å². The summed E-state index contributed by atoms with van der Waals surface area (Å²) in [4.78, 5) is 43.6. The zero-order valence-corrected chi connectivity index (χ0v) is 27.8. The molecule has 2 aliphatic rings. The molecular formula is C37H44N4O6. The number of anilines is 1. The van der Waals surface area contributed by atoms with Crippen LogP contribution in [0.25, 0.3) is 17.2 Å². The Morgan fingerprint density at radius 3 is 2.34 bits per heavy atom. The summed E-state index contributed by atoms with van der Waals surface area (Å²) in [6, 6.07) is 16.2. The standard InChI is InChI=1S/C37H44N4O6/c1-24(37(44)41-20-18-40(19-21-41)17-9-12-26-10-7-6-8-11-26)38-31-16-14-28-29(23-32(31)43)30(39-25(2)42)15-13-27-22-33(45-3)35(46-4)36(47-5)34(27)28/h6-12,14,16,22-24,30H,13,15,17-21H2,1-5H3,(H,38,43)(H,39,42). The van der Waals surface area contributed by atoms with Crippen molar-refractivity contribution < 1.29 is 23.8 Å². The van der Waals surface area contributed by atoms with E-state index in [1.165, 1.54) is 12.5 Å². The highest BCUT2D eigenvalue weighted by Gasteiger charge is 2.30. The summed E-state index contributed by atoms with van der Waals surface area (Å²) >= 11 is 0. The van der Waals surface area contributed by atoms with Gasteiger partial charge < -0.3 is 29.7 Å². The van der Waals surface area contributed by atoms with E-state index in [4.69, 9.17) is 14.2 Å². The monoisotopic (exact) mass is 640 g/mol. The number of methoxy groups -OCH3 is 3. The normalized spacial score (nSPS) is 16.8. The molecule has 0 saturated carbocycles. The minimum atomic E-state index is -0.619. The summed E-state index contributed by atoms with van der Waals surface area (Å²) in [5.74, 6) is 1.20. The summed E-state index contributed by atoms with van der Waals surface area (Å²) in [6.45, 7) is 6.85. The van der Waals surface area contributed by atoms with E-state index in [-0.39, 0.29) is 17.2 Å². The first-order chi connectivity index (χ1) is 22.7. The Labute approximate surface area is 276 Å². The number of nitrogens with one attached hydrogen (secondary N) is 2. The number of rotatable bonds is 10. The molecule has 0 bridgehead atoms. The van der Waals surface area contributed by atoms with Gasteiger partial charge in [0.2, 0.25) is 23.0 Å². The maximum atomic E-state index is 13.7. The Morgan fingerprint density at radius 1 is 0.957 bits per heavy atom. The Bertz CT molecular complexity index is 1680. The molecule has 2 N–H and O–H groups in total. The van der Waals surface area contributed by atoms with Crippen molar-refractivity contribution in [3.8, 4) is 28.4 Å². The molecule has 0 aromatic heterocycles. The van der Waals surface area contributed by atoms with Crippen LogP contribution in [0, 0.1) is 0 Å². The molecule has 1 fully saturated rings. The summed E-state index contributed by atoms with van der Waals surface area (Å²) < 4.78 is 17.1. The minimum Gasteiger partial charge on any atom is -0.493 e. The number of piperazine rings is 1. The molecule has 0 radical (unpaired) electrons. The fourth-order valence-electron chi connectivity index (χ4n) is 6.45. The topological polar surface area (TPSA) is 109 Å². The van der Waals surface area contributed by atoms with Gasteiger partial charge in [0.05, 0.1) is 33.1 Å². The molecule has 0 spiro atoms. The van der Waals surface area contributed by atoms with Crippen LogP contribution in [0.2, 0.25) is 0 Å². The zero-order chi connectivity index (χ0) is 33.5. The Balaban J connectivity index is 1.37. The van der Waals surface area contributed by atoms with Gasteiger partial charge >= 0.3 is 0 Å². The SMILES string of the molecule is COc1cc2c(c(OC)c1OC)-c1ccc(NC(C)C(=O)N3CCN(CC=Cc4ccccc4)CC3)c(=O)cc1C(NC(C)=O)CC2. The summed E-state index contributed by atoms with van der Waals surface area (Å²) in [7, 11) is 4.69. The van der Waals surface area contributed by atoms with E-state index in [0.717, 1.165) is 36.3 Å². The van der Waals surface area contributed by atoms with Gasteiger partial charge in [-0.2, -0.15) is 0 Å². The molecule has 10 heteroatoms. The smallest absolute Gasteiger partial charge is 0.244 e. The minimum absolute atomic E-state index is 0.0584. The van der Waals surface area contributed by atoms with Gasteiger partial charge in [-0.1, -0.05) is 48.6 Å². The van der Waals surface area contributed by atoms with Crippen LogP contribution in [0.1, 0.15) is 43.0 Å². The van der Waals surface area contributed by atoms with Crippen LogP contribution < -0.4 is 30.3 Å². The second kappa shape index (κ2) is 15.2. The molecule has 2 unspecified atom stereocenters. The molecule has 1 aliphatic carbocycles. The van der Waals surface area contributed by atoms with Gasteiger partial charge in [-0.05, 0) is 60.2 Å². The lowest BCUT2D eigenvalue weighted by Crippen LogP contribution is -2.52. The van der Waals surface area contributed by atoms with E-state index in [0.29, 0.717) is 54.4 Å². The molecule has 3 aromatic rings. The van der Waals surface area contributed by atoms with Gasteiger partial charge in [-0.15, -0.1) is 0 Å². The van der Waals surface area contributed by atoms with Crippen molar-refractivity contribution in [3.63, 3.8) is 0 Å². The summed E-state index contributed by atoms with van der Waals surface area (Å²) in [5, 5.41) is 6.21. The third kappa shape index (κ3) is 7.60. The van der Waals surface area contributed by atoms with Crippen LogP contribution in [0.15, 0.2) is 65.5 Å². The first kappa shape index (κ1) is 33.5. The quantitative estimate of drug-likeness (QED) is 0.333. The predicted octanol–water partition coefficient (Wildman–Crippen LogP) is 4.52. The molecule has 1 saturated heterocycles. The van der Waals surface area contributed by atoms with Crippen LogP contribution in [0.4, 0.5) is 5.69 Å². The predicted molar refractivity (Wildman–Crippen MR) is 184 cm³/mol. The molecule has 10 nitrogen and oxygen atoms in total. The Morgan fingerprint density at radius 2 is 1.68 bits per heavy atom. The van der Waals surface area contributed by atoms with E-state index in [1.54, 1.807) is 40.4 Å². The summed E-state index contributed by atoms with van der Waals surface area (Å²) in [6.07, 6.45) is 5.44. The van der Waals surface area contributed by atoms with Gasteiger partial charge in [0.15, 0.2) is 11.5 Å². The number of hydrogen-bond donors (Lipinski definition) is 2. The van der Waals surface area contributed by atoms with Crippen molar-refractivity contribution in [2.24, 2.45) is 0 Å². The number of benzene rings is 2. The third-order valence-corrected chi connectivity index (χ3v) is 8.82. The third-order valence-electron chi connectivity index (χ3n) is 8.82. The number of aryl methyl sites for hydroxylation is 1. The second-order valence-corrected chi connectivity index (χ2v) is 11.9. The first-order valence-corrected chi connectivity index (χ1v) is 16.0. The van der Waals surface area contributed by atoms with Gasteiger partial charge in [0, 0.05) is 45.2 Å². The molecule has 3 aromatic carbocycles. The maximum Gasteiger partial charge on any atom is 0.244 e. The lowest BCUT2D eigenvalue weighted by atomic mass is 9.95. The highest BCUT2D eigenvalue weighted by atomic mass is 16.5. The van der Waals surface area contributed by atoms with E-state index in [9.17, 15) is 14.4 Å². The van der Waals surface area contributed by atoms with Gasteiger partial charge in [-0.3, -0.25) is 19.3 Å². The van der Waals surface area contributed by atoms with Gasteiger partial charge in [-0.25, -0.2) is 0 Å². The average Bonchev–Trinajstić information content (AvgIpc) is 3.32. The number of ether oxygens (including phenoxy) is 3. The number of nitrogens with zero attached hydrogens (tertiary/aromatic N) is 2. The van der Waals surface area contributed by atoms with E-state index in [1.807, 2.05) is 35.2 Å². The lowest BCUT2D eigenvalue weighted by Gasteiger charge is -2.35. The molecule has 1 heterocycles. The van der Waals surface area contributed by atoms with Crippen LogP contribution in [0.5, 0.6) is 17.2 Å². The molecule has 1 aliphatic heterocycles. The molecular weight excluding hydrogens is 596 g/mol. The second-order valence-electron chi connectivity index (χ2n) is 11.9. The van der Waals surface area contributed by atoms with Crippen molar-refractivity contribution in [1.82, 2.24) is 15.1 Å². The fourth-order valence-corrected chi connectivity index (χ4v) is 6.45. The van der Waals surface area contributed by atoms with Crippen molar-refractivity contribution in [2.75, 3.05) is 59.4 Å². The number of amides is 2. The summed E-state index contributed by atoms with van der Waals surface area (Å²) in [5.41, 5.74) is 4.30. The number of carbonyl (C=O) groups excluding carboxylic acids is 2. The fraction of sp³-hybridized carbons (Fsp3) is 0.378. The molecule has 47 heavy (non-hydrogen) atoms. The van der Waals surface area contributed by atoms with Crippen LogP contribution >= 0.6 is 0 Å². The highest BCUT2D eigenvalue weighted by molar-refractivity contribution is 5.86. The van der Waals surface area contributed by atoms with Crippen LogP contribution in [-0.4, -0.2) is 81.7 Å².